The molecule has 0 amide bonds. The van der Waals surface area contributed by atoms with E-state index in [-0.39, 0.29) is 10.9 Å². The van der Waals surface area contributed by atoms with E-state index < -0.39 is 10.0 Å². The fourth-order valence-corrected chi connectivity index (χ4v) is 3.98. The summed E-state index contributed by atoms with van der Waals surface area (Å²) in [5.74, 6) is 0. The predicted molar refractivity (Wildman–Crippen MR) is 81.5 cm³/mol. The third-order valence-electron chi connectivity index (χ3n) is 3.36. The average molecular weight is 315 g/mol. The molecule has 1 unspecified atom stereocenters. The van der Waals surface area contributed by atoms with Crippen molar-refractivity contribution in [2.24, 2.45) is 0 Å². The zero-order chi connectivity index (χ0) is 15.6. The van der Waals surface area contributed by atoms with Gasteiger partial charge in [0.05, 0.1) is 11.4 Å². The summed E-state index contributed by atoms with van der Waals surface area (Å²) in [6.45, 7) is 4.72. The number of hydrogen-bond acceptors (Lipinski definition) is 5. The van der Waals surface area contributed by atoms with E-state index >= 15 is 0 Å². The minimum atomic E-state index is -3.56. The van der Waals surface area contributed by atoms with Crippen molar-refractivity contribution >= 4 is 10.0 Å². The standard InChI is InChI=1S/C13H25N5O2S/c1-9(8-18(3)4)17-21(19,20)13-10(2)15-16-12(13)7-14-11-5-6-11/h9,11,14,17H,5-8H2,1-4H3,(H,15,16). The highest BCUT2D eigenvalue weighted by Crippen LogP contribution is 2.22. The highest BCUT2D eigenvalue weighted by molar-refractivity contribution is 7.89. The highest BCUT2D eigenvalue weighted by atomic mass is 32.2. The molecule has 0 radical (unpaired) electrons. The first-order chi connectivity index (χ1) is 9.79. The Morgan fingerprint density at radius 2 is 2.10 bits per heavy atom. The first kappa shape index (κ1) is 16.4. The minimum Gasteiger partial charge on any atom is -0.308 e. The molecule has 1 atom stereocenters. The first-order valence-corrected chi connectivity index (χ1v) is 8.72. The van der Waals surface area contributed by atoms with Gasteiger partial charge in [0.2, 0.25) is 10.0 Å². The molecule has 3 N–H and O–H groups in total. The SMILES string of the molecule is Cc1[nH]nc(CNC2CC2)c1S(=O)(=O)NC(C)CN(C)C. The van der Waals surface area contributed by atoms with Crippen LogP contribution in [0.4, 0.5) is 0 Å². The largest absolute Gasteiger partial charge is 0.308 e. The quantitative estimate of drug-likeness (QED) is 0.637. The number of H-pyrrole nitrogens is 1. The van der Waals surface area contributed by atoms with E-state index in [1.807, 2.05) is 25.9 Å². The van der Waals surface area contributed by atoms with E-state index in [0.29, 0.717) is 30.5 Å². The Kier molecular flexibility index (Phi) is 5.03. The Labute approximate surface area is 126 Å². The van der Waals surface area contributed by atoms with Crippen molar-refractivity contribution in [3.05, 3.63) is 11.4 Å². The molecule has 1 heterocycles. The number of hydrogen-bond donors (Lipinski definition) is 3. The number of likely N-dealkylation sites (N-methyl/N-ethyl adjacent to an activating group) is 1. The van der Waals surface area contributed by atoms with Gasteiger partial charge in [0, 0.05) is 25.2 Å². The molecule has 7 nitrogen and oxygen atoms in total. The van der Waals surface area contributed by atoms with E-state index in [1.165, 1.54) is 0 Å². The summed E-state index contributed by atoms with van der Waals surface area (Å²) >= 11 is 0. The van der Waals surface area contributed by atoms with Gasteiger partial charge in [-0.15, -0.1) is 0 Å². The summed E-state index contributed by atoms with van der Waals surface area (Å²) in [6, 6.07) is 0.349. The second-order valence-electron chi connectivity index (χ2n) is 6.06. The molecule has 0 bridgehead atoms. The van der Waals surface area contributed by atoms with Crippen molar-refractivity contribution in [1.82, 2.24) is 25.1 Å². The van der Waals surface area contributed by atoms with Crippen molar-refractivity contribution < 1.29 is 8.42 Å². The smallest absolute Gasteiger partial charge is 0.244 e. The molecular weight excluding hydrogens is 290 g/mol. The van der Waals surface area contributed by atoms with Crippen molar-refractivity contribution in [3.8, 4) is 0 Å². The fraction of sp³-hybridized carbons (Fsp3) is 0.769. The van der Waals surface area contributed by atoms with Gasteiger partial charge in [0.15, 0.2) is 0 Å². The predicted octanol–water partition coefficient (Wildman–Crippen LogP) is 0.199. The third-order valence-corrected chi connectivity index (χ3v) is 5.15. The van der Waals surface area contributed by atoms with Crippen LogP contribution < -0.4 is 10.0 Å². The Bertz CT molecular complexity index is 577. The molecule has 1 aliphatic rings. The maximum Gasteiger partial charge on any atom is 0.244 e. The zero-order valence-corrected chi connectivity index (χ0v) is 13.9. The molecule has 120 valence electrons. The molecule has 2 rings (SSSR count). The molecule has 0 saturated heterocycles. The number of sulfonamides is 1. The van der Waals surface area contributed by atoms with Crippen LogP contribution >= 0.6 is 0 Å². The van der Waals surface area contributed by atoms with Crippen LogP contribution in [-0.2, 0) is 16.6 Å². The fourth-order valence-electron chi connectivity index (χ4n) is 2.38. The second kappa shape index (κ2) is 6.43. The normalized spacial score (nSPS) is 17.4. The van der Waals surface area contributed by atoms with Gasteiger partial charge < -0.3 is 10.2 Å². The van der Waals surface area contributed by atoms with Crippen LogP contribution in [0.1, 0.15) is 31.2 Å². The number of nitrogens with zero attached hydrogens (tertiary/aromatic N) is 2. The number of nitrogens with one attached hydrogen (secondary N) is 3. The number of aryl methyl sites for hydroxylation is 1. The van der Waals surface area contributed by atoms with Gasteiger partial charge in [0.1, 0.15) is 4.90 Å². The van der Waals surface area contributed by atoms with Crippen molar-refractivity contribution in [2.75, 3.05) is 20.6 Å². The van der Waals surface area contributed by atoms with Gasteiger partial charge in [-0.3, -0.25) is 5.10 Å². The van der Waals surface area contributed by atoms with E-state index in [1.54, 1.807) is 6.92 Å². The molecule has 1 aliphatic carbocycles. The summed E-state index contributed by atoms with van der Waals surface area (Å²) in [5, 5.41) is 10.2. The summed E-state index contributed by atoms with van der Waals surface area (Å²) in [7, 11) is 0.270. The minimum absolute atomic E-state index is 0.163. The Hall–Kier alpha value is -0.960. The zero-order valence-electron chi connectivity index (χ0n) is 13.1. The van der Waals surface area contributed by atoms with Crippen LogP contribution in [0.5, 0.6) is 0 Å². The van der Waals surface area contributed by atoms with Gasteiger partial charge in [0.25, 0.3) is 0 Å². The van der Waals surface area contributed by atoms with Crippen LogP contribution in [-0.4, -0.2) is 56.2 Å². The van der Waals surface area contributed by atoms with E-state index in [9.17, 15) is 8.42 Å². The lowest BCUT2D eigenvalue weighted by Gasteiger charge is -2.18. The molecule has 1 saturated carbocycles. The summed E-state index contributed by atoms with van der Waals surface area (Å²) < 4.78 is 27.9. The molecule has 1 aromatic rings. The molecular formula is C13H25N5O2S. The summed E-state index contributed by atoms with van der Waals surface area (Å²) in [6.07, 6.45) is 2.31. The molecule has 21 heavy (non-hydrogen) atoms. The summed E-state index contributed by atoms with van der Waals surface area (Å²) in [4.78, 5) is 2.23. The van der Waals surface area contributed by atoms with Gasteiger partial charge in [-0.25, -0.2) is 13.1 Å². The number of rotatable bonds is 8. The number of aromatic amines is 1. The lowest BCUT2D eigenvalue weighted by molar-refractivity contribution is 0.370. The monoisotopic (exact) mass is 315 g/mol. The molecule has 1 aromatic heterocycles. The Morgan fingerprint density at radius 1 is 1.43 bits per heavy atom. The Balaban J connectivity index is 2.12. The van der Waals surface area contributed by atoms with Gasteiger partial charge in [-0.05, 0) is 40.8 Å². The van der Waals surface area contributed by atoms with Gasteiger partial charge >= 0.3 is 0 Å². The van der Waals surface area contributed by atoms with Crippen molar-refractivity contribution in [3.63, 3.8) is 0 Å². The van der Waals surface area contributed by atoms with E-state index in [0.717, 1.165) is 12.8 Å². The van der Waals surface area contributed by atoms with Gasteiger partial charge in [-0.2, -0.15) is 5.10 Å². The van der Waals surface area contributed by atoms with Crippen LogP contribution in [0.2, 0.25) is 0 Å². The molecule has 0 spiro atoms. The van der Waals surface area contributed by atoms with Gasteiger partial charge in [-0.1, -0.05) is 0 Å². The van der Waals surface area contributed by atoms with Crippen LogP contribution in [0.3, 0.4) is 0 Å². The van der Waals surface area contributed by atoms with Crippen molar-refractivity contribution in [1.29, 1.82) is 0 Å². The second-order valence-corrected chi connectivity index (χ2v) is 7.72. The highest BCUT2D eigenvalue weighted by Gasteiger charge is 2.27. The molecule has 8 heteroatoms. The van der Waals surface area contributed by atoms with E-state index in [4.69, 9.17) is 0 Å². The Morgan fingerprint density at radius 3 is 2.67 bits per heavy atom. The molecule has 1 fully saturated rings. The lowest BCUT2D eigenvalue weighted by atomic mass is 10.3. The lowest BCUT2D eigenvalue weighted by Crippen LogP contribution is -2.40. The first-order valence-electron chi connectivity index (χ1n) is 7.24. The third kappa shape index (κ3) is 4.50. The van der Waals surface area contributed by atoms with E-state index in [2.05, 4.69) is 20.2 Å². The number of aromatic nitrogens is 2. The maximum absolute atomic E-state index is 12.6. The average Bonchev–Trinajstić information content (AvgIpc) is 3.07. The molecule has 0 aromatic carbocycles. The van der Waals surface area contributed by atoms with Crippen LogP contribution in [0.25, 0.3) is 0 Å². The summed E-state index contributed by atoms with van der Waals surface area (Å²) in [5.41, 5.74) is 1.14. The topological polar surface area (TPSA) is 90.1 Å². The van der Waals surface area contributed by atoms with Crippen molar-refractivity contribution in [2.45, 2.75) is 50.2 Å². The van der Waals surface area contributed by atoms with Crippen LogP contribution in [0, 0.1) is 6.92 Å². The maximum atomic E-state index is 12.6. The van der Waals surface area contributed by atoms with Crippen LogP contribution in [0.15, 0.2) is 4.90 Å². The molecule has 0 aliphatic heterocycles.